The first-order chi connectivity index (χ1) is 13.9. The lowest BCUT2D eigenvalue weighted by atomic mass is 9.99. The molecule has 2 aromatic rings. The standard InChI is InChI=1S/C19H24F3N5O2/c1-11-6-14(29-19(20,21)22)4-5-26(11)16-7-17(24-18-15(16)8-23-25-18)27-12-2-3-13(27)10-28-9-12/h7-8,11-14H,2-6,9-10H2,1H3,(H,23,24,25)/t11-,12?,13?,14?/m1/s1. The van der Waals surface area contributed by atoms with Crippen molar-refractivity contribution in [2.75, 3.05) is 29.6 Å². The number of nitrogens with one attached hydrogen (secondary N) is 1. The van der Waals surface area contributed by atoms with Crippen molar-refractivity contribution in [3.63, 3.8) is 0 Å². The summed E-state index contributed by atoms with van der Waals surface area (Å²) < 4.78 is 47.8. The number of ether oxygens (including phenoxy) is 2. The highest BCUT2D eigenvalue weighted by Gasteiger charge is 2.40. The van der Waals surface area contributed by atoms with Crippen LogP contribution < -0.4 is 9.80 Å². The summed E-state index contributed by atoms with van der Waals surface area (Å²) in [5.74, 6) is 0.883. The van der Waals surface area contributed by atoms with Gasteiger partial charge in [0.2, 0.25) is 0 Å². The van der Waals surface area contributed by atoms with Crippen LogP contribution >= 0.6 is 0 Å². The molecule has 3 saturated heterocycles. The first-order valence-corrected chi connectivity index (χ1v) is 10.1. The third-order valence-electron chi connectivity index (χ3n) is 6.33. The van der Waals surface area contributed by atoms with Crippen molar-refractivity contribution < 1.29 is 22.6 Å². The summed E-state index contributed by atoms with van der Waals surface area (Å²) >= 11 is 0. The number of piperidine rings is 1. The van der Waals surface area contributed by atoms with E-state index >= 15 is 0 Å². The maximum Gasteiger partial charge on any atom is 0.522 e. The molecule has 0 saturated carbocycles. The van der Waals surface area contributed by atoms with Gasteiger partial charge in [-0.25, -0.2) is 4.98 Å². The van der Waals surface area contributed by atoms with Crippen molar-refractivity contribution in [1.29, 1.82) is 0 Å². The van der Waals surface area contributed by atoms with Crippen molar-refractivity contribution in [1.82, 2.24) is 15.2 Å². The number of morpholine rings is 1. The van der Waals surface area contributed by atoms with Gasteiger partial charge in [-0.1, -0.05) is 0 Å². The summed E-state index contributed by atoms with van der Waals surface area (Å²) in [7, 11) is 0. The van der Waals surface area contributed by atoms with Crippen LogP contribution in [0.2, 0.25) is 0 Å². The normalized spacial score (nSPS) is 30.3. The largest absolute Gasteiger partial charge is 0.522 e. The number of anilines is 2. The van der Waals surface area contributed by atoms with Gasteiger partial charge < -0.3 is 14.5 Å². The van der Waals surface area contributed by atoms with Gasteiger partial charge in [0, 0.05) is 18.7 Å². The Kier molecular flexibility index (Phi) is 4.58. The van der Waals surface area contributed by atoms with Gasteiger partial charge in [-0.3, -0.25) is 9.84 Å². The van der Waals surface area contributed by atoms with E-state index in [1.54, 1.807) is 6.20 Å². The van der Waals surface area contributed by atoms with E-state index in [1.807, 2.05) is 6.92 Å². The van der Waals surface area contributed by atoms with Gasteiger partial charge >= 0.3 is 6.36 Å². The molecule has 3 aliphatic heterocycles. The molecule has 158 valence electrons. The van der Waals surface area contributed by atoms with Crippen LogP contribution in [0.4, 0.5) is 24.7 Å². The van der Waals surface area contributed by atoms with Crippen LogP contribution in [-0.4, -0.2) is 65.5 Å². The Labute approximate surface area is 166 Å². The van der Waals surface area contributed by atoms with E-state index in [0.29, 0.717) is 50.3 Å². The molecule has 0 aliphatic carbocycles. The molecule has 3 fully saturated rings. The number of nitrogens with zero attached hydrogens (tertiary/aromatic N) is 4. The summed E-state index contributed by atoms with van der Waals surface area (Å²) in [5.41, 5.74) is 1.66. The maximum absolute atomic E-state index is 12.6. The minimum Gasteiger partial charge on any atom is -0.377 e. The molecular formula is C19H24F3N5O2. The first-order valence-electron chi connectivity index (χ1n) is 10.1. The lowest BCUT2D eigenvalue weighted by Gasteiger charge is -2.40. The van der Waals surface area contributed by atoms with Crippen LogP contribution in [-0.2, 0) is 9.47 Å². The summed E-state index contributed by atoms with van der Waals surface area (Å²) in [6.07, 6.45) is -0.858. The van der Waals surface area contributed by atoms with E-state index in [4.69, 9.17) is 9.72 Å². The fourth-order valence-electron chi connectivity index (χ4n) is 5.05. The minimum absolute atomic E-state index is 0.0918. The third-order valence-corrected chi connectivity index (χ3v) is 6.33. The minimum atomic E-state index is -4.59. The zero-order chi connectivity index (χ0) is 20.2. The van der Waals surface area contributed by atoms with Crippen molar-refractivity contribution >= 4 is 22.5 Å². The van der Waals surface area contributed by atoms with E-state index in [2.05, 4.69) is 30.8 Å². The fraction of sp³-hybridized carbons (Fsp3) is 0.684. The highest BCUT2D eigenvalue weighted by Crippen LogP contribution is 2.39. The topological polar surface area (TPSA) is 66.5 Å². The van der Waals surface area contributed by atoms with Crippen LogP contribution in [0.3, 0.4) is 0 Å². The second kappa shape index (κ2) is 7.02. The Bertz CT molecular complexity index is 872. The molecule has 7 nitrogen and oxygen atoms in total. The van der Waals surface area contributed by atoms with Crippen LogP contribution in [0.1, 0.15) is 32.6 Å². The third kappa shape index (κ3) is 3.52. The predicted octanol–water partition coefficient (Wildman–Crippen LogP) is 3.22. The van der Waals surface area contributed by atoms with Crippen molar-refractivity contribution in [2.45, 2.75) is 63.2 Å². The zero-order valence-electron chi connectivity index (χ0n) is 16.2. The van der Waals surface area contributed by atoms with Crippen molar-refractivity contribution in [3.8, 4) is 0 Å². The van der Waals surface area contributed by atoms with Crippen molar-refractivity contribution in [2.24, 2.45) is 0 Å². The Morgan fingerprint density at radius 2 is 1.97 bits per heavy atom. The average Bonchev–Trinajstić information content (AvgIpc) is 3.21. The highest BCUT2D eigenvalue weighted by molar-refractivity contribution is 5.91. The van der Waals surface area contributed by atoms with E-state index in [0.717, 1.165) is 29.7 Å². The highest BCUT2D eigenvalue weighted by atomic mass is 19.4. The van der Waals surface area contributed by atoms with E-state index in [-0.39, 0.29) is 6.04 Å². The predicted molar refractivity (Wildman–Crippen MR) is 101 cm³/mol. The Morgan fingerprint density at radius 3 is 2.66 bits per heavy atom. The van der Waals surface area contributed by atoms with Crippen LogP contribution in [0.15, 0.2) is 12.3 Å². The number of hydrogen-bond donors (Lipinski definition) is 1. The van der Waals surface area contributed by atoms with Gasteiger partial charge in [0.05, 0.1) is 48.7 Å². The van der Waals surface area contributed by atoms with Gasteiger partial charge in [0.1, 0.15) is 5.82 Å². The van der Waals surface area contributed by atoms with E-state index in [1.165, 1.54) is 0 Å². The average molecular weight is 411 g/mol. The van der Waals surface area contributed by atoms with Gasteiger partial charge in [0.25, 0.3) is 0 Å². The van der Waals surface area contributed by atoms with Crippen LogP contribution in [0.25, 0.3) is 11.0 Å². The number of fused-ring (bicyclic) bond motifs is 3. The number of aromatic amines is 1. The Hall–Kier alpha value is -2.07. The van der Waals surface area contributed by atoms with Gasteiger partial charge in [0.15, 0.2) is 5.65 Å². The summed E-state index contributed by atoms with van der Waals surface area (Å²) in [6, 6.07) is 2.61. The molecule has 5 heterocycles. The first kappa shape index (κ1) is 18.9. The van der Waals surface area contributed by atoms with Crippen LogP contribution in [0.5, 0.6) is 0 Å². The molecule has 5 rings (SSSR count). The zero-order valence-corrected chi connectivity index (χ0v) is 16.2. The molecule has 2 bridgehead atoms. The molecule has 0 aromatic carbocycles. The monoisotopic (exact) mass is 411 g/mol. The molecule has 0 amide bonds. The lowest BCUT2D eigenvalue weighted by molar-refractivity contribution is -0.344. The molecule has 29 heavy (non-hydrogen) atoms. The van der Waals surface area contributed by atoms with Gasteiger partial charge in [-0.15, -0.1) is 13.2 Å². The molecule has 2 aromatic heterocycles. The molecule has 10 heteroatoms. The number of pyridine rings is 1. The van der Waals surface area contributed by atoms with Gasteiger partial charge in [-0.05, 0) is 32.6 Å². The Balaban J connectivity index is 1.45. The molecule has 1 N–H and O–H groups in total. The number of aromatic nitrogens is 3. The molecule has 3 aliphatic rings. The summed E-state index contributed by atoms with van der Waals surface area (Å²) in [6.45, 7) is 3.83. The van der Waals surface area contributed by atoms with Crippen LogP contribution in [0, 0.1) is 0 Å². The Morgan fingerprint density at radius 1 is 1.21 bits per heavy atom. The summed E-state index contributed by atoms with van der Waals surface area (Å²) in [4.78, 5) is 9.29. The maximum atomic E-state index is 12.6. The number of alkyl halides is 3. The second-order valence-corrected chi connectivity index (χ2v) is 8.21. The quantitative estimate of drug-likeness (QED) is 0.837. The van der Waals surface area contributed by atoms with Gasteiger partial charge in [-0.2, -0.15) is 5.10 Å². The molecule has 0 radical (unpaired) electrons. The SMILES string of the molecule is C[C@@H]1CC(OC(F)(F)F)CCN1c1cc(N2C3CCC2COC3)nc2[nH]ncc12. The number of rotatable bonds is 3. The molecular weight excluding hydrogens is 387 g/mol. The smallest absolute Gasteiger partial charge is 0.377 e. The van der Waals surface area contributed by atoms with Crippen molar-refractivity contribution in [3.05, 3.63) is 12.3 Å². The number of hydrogen-bond acceptors (Lipinski definition) is 6. The molecule has 4 atom stereocenters. The van der Waals surface area contributed by atoms with E-state index in [9.17, 15) is 13.2 Å². The second-order valence-electron chi connectivity index (χ2n) is 8.21. The lowest BCUT2D eigenvalue weighted by Crippen LogP contribution is -2.47. The number of H-pyrrole nitrogens is 1. The summed E-state index contributed by atoms with van der Waals surface area (Å²) in [5, 5.41) is 8.00. The number of halogens is 3. The van der Waals surface area contributed by atoms with E-state index < -0.39 is 12.5 Å². The fourth-order valence-corrected chi connectivity index (χ4v) is 5.05. The molecule has 3 unspecified atom stereocenters. The molecule has 0 spiro atoms.